The molecule has 1 aromatic carbocycles. The van der Waals surface area contributed by atoms with E-state index in [2.05, 4.69) is 28.7 Å². The molecule has 102 valence electrons. The summed E-state index contributed by atoms with van der Waals surface area (Å²) in [6, 6.07) is 8.00. The van der Waals surface area contributed by atoms with Crippen LogP contribution in [0.1, 0.15) is 31.6 Å². The minimum Gasteiger partial charge on any atom is -0.375 e. The number of nitrogens with one attached hydrogen (secondary N) is 1. The Labute approximate surface area is 118 Å². The molecule has 0 radical (unpaired) electrons. The van der Waals surface area contributed by atoms with E-state index in [0.717, 1.165) is 11.4 Å². The SMILES string of the molecule is CC(C)n1cncc1C(CN)Nc1cccc(Cl)c1. The Morgan fingerprint density at radius 1 is 1.42 bits per heavy atom. The van der Waals surface area contributed by atoms with Crippen molar-refractivity contribution in [1.29, 1.82) is 0 Å². The van der Waals surface area contributed by atoms with Gasteiger partial charge in [-0.15, -0.1) is 0 Å². The van der Waals surface area contributed by atoms with Crippen molar-refractivity contribution in [2.24, 2.45) is 5.73 Å². The third kappa shape index (κ3) is 3.28. The van der Waals surface area contributed by atoms with Gasteiger partial charge in [0.15, 0.2) is 0 Å². The van der Waals surface area contributed by atoms with Crippen LogP contribution in [0.25, 0.3) is 0 Å². The van der Waals surface area contributed by atoms with Crippen LogP contribution in [0, 0.1) is 0 Å². The Balaban J connectivity index is 2.23. The molecule has 0 amide bonds. The van der Waals surface area contributed by atoms with Crippen molar-refractivity contribution in [3.05, 3.63) is 47.5 Å². The van der Waals surface area contributed by atoms with E-state index in [4.69, 9.17) is 17.3 Å². The highest BCUT2D eigenvalue weighted by Crippen LogP contribution is 2.23. The summed E-state index contributed by atoms with van der Waals surface area (Å²) >= 11 is 5.99. The number of hydrogen-bond donors (Lipinski definition) is 2. The van der Waals surface area contributed by atoms with Crippen LogP contribution in [0.4, 0.5) is 5.69 Å². The minimum atomic E-state index is 0.0170. The molecular weight excluding hydrogens is 260 g/mol. The molecule has 0 fully saturated rings. The molecule has 4 nitrogen and oxygen atoms in total. The van der Waals surface area contributed by atoms with Crippen molar-refractivity contribution in [3.63, 3.8) is 0 Å². The zero-order valence-electron chi connectivity index (χ0n) is 11.2. The molecule has 0 aliphatic carbocycles. The number of imidazole rings is 1. The van der Waals surface area contributed by atoms with E-state index in [-0.39, 0.29) is 6.04 Å². The average Bonchev–Trinajstić information content (AvgIpc) is 2.85. The number of nitrogens with two attached hydrogens (primary N) is 1. The zero-order chi connectivity index (χ0) is 13.8. The van der Waals surface area contributed by atoms with Crippen molar-refractivity contribution >= 4 is 17.3 Å². The highest BCUT2D eigenvalue weighted by Gasteiger charge is 2.15. The van der Waals surface area contributed by atoms with Gasteiger partial charge in [-0.2, -0.15) is 0 Å². The summed E-state index contributed by atoms with van der Waals surface area (Å²) in [6.45, 7) is 4.74. The van der Waals surface area contributed by atoms with Gasteiger partial charge in [-0.05, 0) is 32.0 Å². The van der Waals surface area contributed by atoms with Gasteiger partial charge in [0.1, 0.15) is 0 Å². The Hall–Kier alpha value is -1.52. The Morgan fingerprint density at radius 3 is 2.84 bits per heavy atom. The highest BCUT2D eigenvalue weighted by molar-refractivity contribution is 6.30. The number of anilines is 1. The van der Waals surface area contributed by atoms with Gasteiger partial charge in [0.2, 0.25) is 0 Å². The standard InChI is InChI=1S/C14H19ClN4/c1-10(2)19-9-17-8-14(19)13(7-16)18-12-5-3-4-11(15)6-12/h3-6,8-10,13,18H,7,16H2,1-2H3. The number of aromatic nitrogens is 2. The fourth-order valence-electron chi connectivity index (χ4n) is 2.05. The smallest absolute Gasteiger partial charge is 0.0951 e. The number of benzene rings is 1. The van der Waals surface area contributed by atoms with E-state index in [1.807, 2.05) is 36.8 Å². The van der Waals surface area contributed by atoms with E-state index in [9.17, 15) is 0 Å². The van der Waals surface area contributed by atoms with Crippen LogP contribution in [0.3, 0.4) is 0 Å². The fraction of sp³-hybridized carbons (Fsp3) is 0.357. The quantitative estimate of drug-likeness (QED) is 0.883. The lowest BCUT2D eigenvalue weighted by Gasteiger charge is -2.21. The molecule has 0 bridgehead atoms. The van der Waals surface area contributed by atoms with Crippen molar-refractivity contribution in [2.45, 2.75) is 25.9 Å². The summed E-state index contributed by atoms with van der Waals surface area (Å²) in [5.41, 5.74) is 7.92. The first-order valence-corrected chi connectivity index (χ1v) is 6.73. The molecule has 0 saturated carbocycles. The van der Waals surface area contributed by atoms with Gasteiger partial charge in [-0.3, -0.25) is 0 Å². The van der Waals surface area contributed by atoms with Crippen LogP contribution >= 0.6 is 11.6 Å². The van der Waals surface area contributed by atoms with Gasteiger partial charge >= 0.3 is 0 Å². The maximum Gasteiger partial charge on any atom is 0.0951 e. The van der Waals surface area contributed by atoms with Gasteiger partial charge in [0, 0.05) is 23.3 Å². The second-order valence-corrected chi connectivity index (χ2v) is 5.20. The lowest BCUT2D eigenvalue weighted by Crippen LogP contribution is -2.23. The van der Waals surface area contributed by atoms with Crippen LogP contribution in [-0.2, 0) is 0 Å². The maximum absolute atomic E-state index is 5.99. The number of halogens is 1. The summed E-state index contributed by atoms with van der Waals surface area (Å²) in [7, 11) is 0. The topological polar surface area (TPSA) is 55.9 Å². The van der Waals surface area contributed by atoms with Gasteiger partial charge < -0.3 is 15.6 Å². The molecule has 1 atom stereocenters. The third-order valence-corrected chi connectivity index (χ3v) is 3.25. The summed E-state index contributed by atoms with van der Waals surface area (Å²) in [4.78, 5) is 4.21. The minimum absolute atomic E-state index is 0.0170. The summed E-state index contributed by atoms with van der Waals surface area (Å²) < 4.78 is 2.12. The second-order valence-electron chi connectivity index (χ2n) is 4.76. The molecule has 1 unspecified atom stereocenters. The average molecular weight is 279 g/mol. The van der Waals surface area contributed by atoms with Gasteiger partial charge in [-0.1, -0.05) is 17.7 Å². The summed E-state index contributed by atoms with van der Waals surface area (Å²) in [5, 5.41) is 4.10. The third-order valence-electron chi connectivity index (χ3n) is 3.01. The monoisotopic (exact) mass is 278 g/mol. The first-order valence-electron chi connectivity index (χ1n) is 6.35. The molecule has 0 aliphatic rings. The van der Waals surface area contributed by atoms with Crippen LogP contribution in [-0.4, -0.2) is 16.1 Å². The van der Waals surface area contributed by atoms with E-state index >= 15 is 0 Å². The van der Waals surface area contributed by atoms with Gasteiger partial charge in [0.05, 0.1) is 24.3 Å². The first kappa shape index (κ1) is 13.9. The molecule has 0 spiro atoms. The van der Waals surface area contributed by atoms with E-state index in [1.54, 1.807) is 0 Å². The largest absolute Gasteiger partial charge is 0.375 e. The predicted octanol–water partition coefficient (Wildman–Crippen LogP) is 3.23. The first-order chi connectivity index (χ1) is 9.11. The molecule has 0 aliphatic heterocycles. The molecule has 5 heteroatoms. The highest BCUT2D eigenvalue weighted by atomic mass is 35.5. The molecule has 2 rings (SSSR count). The summed E-state index contributed by atoms with van der Waals surface area (Å²) in [6.07, 6.45) is 3.69. The van der Waals surface area contributed by atoms with E-state index in [1.165, 1.54) is 0 Å². The lowest BCUT2D eigenvalue weighted by molar-refractivity contribution is 0.553. The van der Waals surface area contributed by atoms with Gasteiger partial charge in [-0.25, -0.2) is 4.98 Å². The number of nitrogens with zero attached hydrogens (tertiary/aromatic N) is 2. The molecule has 3 N–H and O–H groups in total. The van der Waals surface area contributed by atoms with Crippen molar-refractivity contribution in [1.82, 2.24) is 9.55 Å². The van der Waals surface area contributed by atoms with E-state index < -0.39 is 0 Å². The molecule has 0 saturated heterocycles. The fourth-order valence-corrected chi connectivity index (χ4v) is 2.24. The van der Waals surface area contributed by atoms with Crippen LogP contribution in [0.2, 0.25) is 5.02 Å². The molecular formula is C14H19ClN4. The van der Waals surface area contributed by atoms with Crippen LogP contribution < -0.4 is 11.1 Å². The van der Waals surface area contributed by atoms with Crippen molar-refractivity contribution < 1.29 is 0 Å². The molecule has 19 heavy (non-hydrogen) atoms. The van der Waals surface area contributed by atoms with Crippen LogP contribution in [0.5, 0.6) is 0 Å². The summed E-state index contributed by atoms with van der Waals surface area (Å²) in [5.74, 6) is 0. The Kier molecular flexibility index (Phi) is 4.45. The molecule has 1 heterocycles. The normalized spacial score (nSPS) is 12.7. The van der Waals surface area contributed by atoms with Gasteiger partial charge in [0.25, 0.3) is 0 Å². The Morgan fingerprint density at radius 2 is 2.21 bits per heavy atom. The molecule has 1 aromatic heterocycles. The maximum atomic E-state index is 5.99. The van der Waals surface area contributed by atoms with Crippen LogP contribution in [0.15, 0.2) is 36.8 Å². The zero-order valence-corrected chi connectivity index (χ0v) is 11.9. The lowest BCUT2D eigenvalue weighted by atomic mass is 10.2. The second kappa shape index (κ2) is 6.08. The van der Waals surface area contributed by atoms with E-state index in [0.29, 0.717) is 17.6 Å². The number of hydrogen-bond acceptors (Lipinski definition) is 3. The Bertz CT molecular complexity index is 536. The number of rotatable bonds is 5. The van der Waals surface area contributed by atoms with Crippen molar-refractivity contribution in [3.8, 4) is 0 Å². The predicted molar refractivity (Wildman–Crippen MR) is 79.5 cm³/mol. The molecule has 2 aromatic rings. The van der Waals surface area contributed by atoms with Crippen molar-refractivity contribution in [2.75, 3.05) is 11.9 Å².